The first-order valence-electron chi connectivity index (χ1n) is 5.58. The first-order chi connectivity index (χ1) is 7.49. The molecular formula is C13H17NOS. The summed E-state index contributed by atoms with van der Waals surface area (Å²) in [7, 11) is 0. The SMILES string of the molecule is CCn1c(C)c(C)c(=O)c2c(C)c(C)sc21. The molecule has 0 saturated heterocycles. The lowest BCUT2D eigenvalue weighted by Gasteiger charge is -2.12. The maximum absolute atomic E-state index is 12.2. The highest BCUT2D eigenvalue weighted by molar-refractivity contribution is 7.18. The van der Waals surface area contributed by atoms with Gasteiger partial charge in [0.1, 0.15) is 4.83 Å². The van der Waals surface area contributed by atoms with Gasteiger partial charge in [-0.3, -0.25) is 4.79 Å². The zero-order chi connectivity index (χ0) is 12.0. The van der Waals surface area contributed by atoms with Crippen LogP contribution in [-0.4, -0.2) is 4.57 Å². The minimum Gasteiger partial charge on any atom is -0.337 e. The van der Waals surface area contributed by atoms with Gasteiger partial charge < -0.3 is 4.57 Å². The number of thiophene rings is 1. The average Bonchev–Trinajstić information content (AvgIpc) is 2.53. The molecule has 0 aliphatic heterocycles. The van der Waals surface area contributed by atoms with Gasteiger partial charge in [0.2, 0.25) is 0 Å². The van der Waals surface area contributed by atoms with Crippen LogP contribution in [0.25, 0.3) is 10.2 Å². The van der Waals surface area contributed by atoms with E-state index in [2.05, 4.69) is 18.4 Å². The molecule has 0 atom stereocenters. The number of aryl methyl sites for hydroxylation is 3. The van der Waals surface area contributed by atoms with Gasteiger partial charge in [0.05, 0.1) is 5.39 Å². The van der Waals surface area contributed by atoms with Gasteiger partial charge in [-0.15, -0.1) is 11.3 Å². The van der Waals surface area contributed by atoms with Gasteiger partial charge in [-0.1, -0.05) is 0 Å². The summed E-state index contributed by atoms with van der Waals surface area (Å²) in [6, 6.07) is 0. The molecule has 0 amide bonds. The van der Waals surface area contributed by atoms with Crippen LogP contribution in [0.5, 0.6) is 0 Å². The molecule has 2 rings (SSSR count). The molecule has 0 radical (unpaired) electrons. The number of hydrogen-bond donors (Lipinski definition) is 0. The number of fused-ring (bicyclic) bond motifs is 1. The third-order valence-electron chi connectivity index (χ3n) is 3.44. The van der Waals surface area contributed by atoms with Crippen LogP contribution in [0.3, 0.4) is 0 Å². The molecule has 86 valence electrons. The van der Waals surface area contributed by atoms with Crippen LogP contribution in [-0.2, 0) is 6.54 Å². The summed E-state index contributed by atoms with van der Waals surface area (Å²) in [6.07, 6.45) is 0. The van der Waals surface area contributed by atoms with Crippen molar-refractivity contribution in [3.05, 3.63) is 31.9 Å². The normalized spacial score (nSPS) is 11.3. The van der Waals surface area contributed by atoms with Crippen molar-refractivity contribution in [2.24, 2.45) is 0 Å². The Hall–Kier alpha value is -1.09. The smallest absolute Gasteiger partial charge is 0.193 e. The van der Waals surface area contributed by atoms with Crippen LogP contribution in [0, 0.1) is 27.7 Å². The first-order valence-corrected chi connectivity index (χ1v) is 6.40. The van der Waals surface area contributed by atoms with Crippen molar-refractivity contribution in [3.63, 3.8) is 0 Å². The van der Waals surface area contributed by atoms with E-state index in [0.29, 0.717) is 0 Å². The first kappa shape index (κ1) is 11.4. The maximum atomic E-state index is 12.2. The Kier molecular flexibility index (Phi) is 2.66. The van der Waals surface area contributed by atoms with E-state index in [4.69, 9.17) is 0 Å². The summed E-state index contributed by atoms with van der Waals surface area (Å²) in [5.41, 5.74) is 3.34. The molecule has 0 fully saturated rings. The molecule has 2 aromatic rings. The van der Waals surface area contributed by atoms with Gasteiger partial charge in [0.25, 0.3) is 0 Å². The number of hydrogen-bond acceptors (Lipinski definition) is 2. The molecule has 2 nitrogen and oxygen atoms in total. The fraction of sp³-hybridized carbons (Fsp3) is 0.462. The molecule has 16 heavy (non-hydrogen) atoms. The van der Waals surface area contributed by atoms with Gasteiger partial charge >= 0.3 is 0 Å². The highest BCUT2D eigenvalue weighted by atomic mass is 32.1. The Labute approximate surface area is 99.5 Å². The second-order valence-electron chi connectivity index (χ2n) is 4.25. The molecule has 0 aromatic carbocycles. The molecule has 0 unspecified atom stereocenters. The van der Waals surface area contributed by atoms with Crippen LogP contribution in [0.2, 0.25) is 0 Å². The zero-order valence-corrected chi connectivity index (χ0v) is 11.3. The fourth-order valence-electron chi connectivity index (χ4n) is 2.15. The predicted molar refractivity (Wildman–Crippen MR) is 70.7 cm³/mol. The van der Waals surface area contributed by atoms with Crippen LogP contribution < -0.4 is 5.43 Å². The molecule has 0 aliphatic rings. The minimum atomic E-state index is 0.207. The molecule has 0 aliphatic carbocycles. The van der Waals surface area contributed by atoms with Gasteiger partial charge in [-0.25, -0.2) is 0 Å². The molecule has 0 bridgehead atoms. The molecule has 0 spiro atoms. The van der Waals surface area contributed by atoms with Crippen LogP contribution in [0.15, 0.2) is 4.79 Å². The molecule has 2 aromatic heterocycles. The van der Waals surface area contributed by atoms with Crippen LogP contribution >= 0.6 is 11.3 Å². The van der Waals surface area contributed by atoms with Crippen molar-refractivity contribution in [2.75, 3.05) is 0 Å². The fourth-order valence-corrected chi connectivity index (χ4v) is 3.42. The minimum absolute atomic E-state index is 0.207. The largest absolute Gasteiger partial charge is 0.337 e. The van der Waals surface area contributed by atoms with E-state index in [-0.39, 0.29) is 5.43 Å². The Bertz CT molecular complexity index is 619. The van der Waals surface area contributed by atoms with Crippen molar-refractivity contribution in [1.29, 1.82) is 0 Å². The van der Waals surface area contributed by atoms with E-state index in [9.17, 15) is 4.79 Å². The second-order valence-corrected chi connectivity index (χ2v) is 5.45. The third kappa shape index (κ3) is 1.34. The third-order valence-corrected chi connectivity index (χ3v) is 4.67. The molecule has 2 heterocycles. The summed E-state index contributed by atoms with van der Waals surface area (Å²) >= 11 is 1.73. The topological polar surface area (TPSA) is 22.0 Å². The Morgan fingerprint density at radius 1 is 1.12 bits per heavy atom. The monoisotopic (exact) mass is 235 g/mol. The van der Waals surface area contributed by atoms with E-state index < -0.39 is 0 Å². The van der Waals surface area contributed by atoms with Gasteiger partial charge in [-0.05, 0) is 40.2 Å². The molecular weight excluding hydrogens is 218 g/mol. The van der Waals surface area contributed by atoms with E-state index in [0.717, 1.165) is 33.6 Å². The van der Waals surface area contributed by atoms with Crippen molar-refractivity contribution >= 4 is 21.6 Å². The van der Waals surface area contributed by atoms with Gasteiger partial charge in [0.15, 0.2) is 5.43 Å². The van der Waals surface area contributed by atoms with Gasteiger partial charge in [-0.2, -0.15) is 0 Å². The summed E-state index contributed by atoms with van der Waals surface area (Å²) in [5, 5.41) is 0.924. The summed E-state index contributed by atoms with van der Waals surface area (Å²) in [6.45, 7) is 11.1. The summed E-state index contributed by atoms with van der Waals surface area (Å²) in [5.74, 6) is 0. The Morgan fingerprint density at radius 3 is 2.31 bits per heavy atom. The van der Waals surface area contributed by atoms with Crippen molar-refractivity contribution in [1.82, 2.24) is 4.57 Å². The molecule has 0 saturated carbocycles. The lowest BCUT2D eigenvalue weighted by Crippen LogP contribution is -2.15. The maximum Gasteiger partial charge on any atom is 0.193 e. The van der Waals surface area contributed by atoms with E-state index in [1.807, 2.05) is 20.8 Å². The lowest BCUT2D eigenvalue weighted by molar-refractivity contribution is 0.757. The van der Waals surface area contributed by atoms with E-state index >= 15 is 0 Å². The highest BCUT2D eigenvalue weighted by Gasteiger charge is 2.15. The van der Waals surface area contributed by atoms with Crippen molar-refractivity contribution in [3.8, 4) is 0 Å². The van der Waals surface area contributed by atoms with Crippen molar-refractivity contribution in [2.45, 2.75) is 41.2 Å². The second kappa shape index (κ2) is 3.74. The summed E-state index contributed by atoms with van der Waals surface area (Å²) in [4.78, 5) is 14.6. The number of nitrogens with zero attached hydrogens (tertiary/aromatic N) is 1. The van der Waals surface area contributed by atoms with E-state index in [1.54, 1.807) is 11.3 Å². The van der Waals surface area contributed by atoms with Gasteiger partial charge in [0, 0.05) is 22.7 Å². The standard InChI is InChI=1S/C13H17NOS/c1-6-14-9(4)7(2)12(15)11-8(3)10(5)16-13(11)14/h6H2,1-5H3. The number of pyridine rings is 1. The average molecular weight is 235 g/mol. The van der Waals surface area contributed by atoms with Crippen LogP contribution in [0.1, 0.15) is 28.6 Å². The summed E-state index contributed by atoms with van der Waals surface area (Å²) < 4.78 is 2.25. The quantitative estimate of drug-likeness (QED) is 0.743. The molecule has 0 N–H and O–H groups in total. The highest BCUT2D eigenvalue weighted by Crippen LogP contribution is 2.29. The number of aromatic nitrogens is 1. The van der Waals surface area contributed by atoms with E-state index in [1.165, 1.54) is 4.88 Å². The Morgan fingerprint density at radius 2 is 1.75 bits per heavy atom. The lowest BCUT2D eigenvalue weighted by atomic mass is 10.1. The predicted octanol–water partition coefficient (Wildman–Crippen LogP) is 3.32. The number of rotatable bonds is 1. The molecule has 3 heteroatoms. The van der Waals surface area contributed by atoms with Crippen molar-refractivity contribution < 1.29 is 0 Å². The Balaban J connectivity index is 3.10. The van der Waals surface area contributed by atoms with Crippen LogP contribution in [0.4, 0.5) is 0 Å². The zero-order valence-electron chi connectivity index (χ0n) is 10.5.